The minimum atomic E-state index is -4.34. The van der Waals surface area contributed by atoms with Crippen LogP contribution in [-0.4, -0.2) is 73.4 Å². The van der Waals surface area contributed by atoms with Crippen LogP contribution in [0, 0.1) is 0 Å². The molecule has 0 radical (unpaired) electrons. The average Bonchev–Trinajstić information content (AvgIpc) is 3.15. The first-order valence-corrected chi connectivity index (χ1v) is 25.2. The number of hydrogen-bond acceptors (Lipinski definition) is 5. The maximum Gasteiger partial charge on any atom is 0.472 e. The molecule has 0 heterocycles. The van der Waals surface area contributed by atoms with Crippen LogP contribution in [0.1, 0.15) is 219 Å². The van der Waals surface area contributed by atoms with Crippen molar-refractivity contribution in [3.63, 3.8) is 0 Å². The van der Waals surface area contributed by atoms with Crippen LogP contribution in [0.4, 0.5) is 0 Å². The van der Waals surface area contributed by atoms with Crippen LogP contribution in [0.2, 0.25) is 0 Å². The average molecular weight is 814 g/mol. The number of hydrogen-bond donors (Lipinski definition) is 3. The van der Waals surface area contributed by atoms with Gasteiger partial charge in [-0.2, -0.15) is 0 Å². The number of allylic oxidation sites excluding steroid dienone is 3. The lowest BCUT2D eigenvalue weighted by Crippen LogP contribution is -2.45. The molecule has 56 heavy (non-hydrogen) atoms. The molecule has 332 valence electrons. The lowest BCUT2D eigenvalue weighted by atomic mass is 10.0. The molecule has 0 aromatic rings. The minimum Gasteiger partial charge on any atom is -0.387 e. The molecule has 0 spiro atoms. The van der Waals surface area contributed by atoms with Crippen molar-refractivity contribution in [1.82, 2.24) is 5.32 Å². The zero-order valence-corrected chi connectivity index (χ0v) is 38.5. The highest BCUT2D eigenvalue weighted by atomic mass is 31.2. The molecule has 0 aliphatic heterocycles. The van der Waals surface area contributed by atoms with Gasteiger partial charge in [0.05, 0.1) is 39.9 Å². The minimum absolute atomic E-state index is 0.0580. The van der Waals surface area contributed by atoms with Crippen molar-refractivity contribution in [3.05, 3.63) is 24.3 Å². The molecular formula is C47H94N2O6P+. The van der Waals surface area contributed by atoms with E-state index in [4.69, 9.17) is 9.05 Å². The second kappa shape index (κ2) is 39.4. The van der Waals surface area contributed by atoms with Crippen LogP contribution in [0.25, 0.3) is 0 Å². The summed E-state index contributed by atoms with van der Waals surface area (Å²) < 4.78 is 23.5. The number of rotatable bonds is 43. The van der Waals surface area contributed by atoms with Gasteiger partial charge in [-0.1, -0.05) is 205 Å². The number of aliphatic hydroxyl groups excluding tert-OH is 1. The molecule has 9 heteroatoms. The summed E-state index contributed by atoms with van der Waals surface area (Å²) in [4.78, 5) is 23.0. The molecular weight excluding hydrogens is 719 g/mol. The van der Waals surface area contributed by atoms with E-state index in [1.54, 1.807) is 6.08 Å². The van der Waals surface area contributed by atoms with Gasteiger partial charge in [-0.3, -0.25) is 13.8 Å². The van der Waals surface area contributed by atoms with Crippen molar-refractivity contribution in [2.75, 3.05) is 40.9 Å². The summed E-state index contributed by atoms with van der Waals surface area (Å²) in [5.74, 6) is -0.189. The SMILES string of the molecule is CCCCCCCCCCCCCCCCCCCCC/C=C/CC/C=C/C(O)C(COP(=O)(O)OCC[N+](C)(C)C)NC(=O)CCCCCCCCCCC. The first-order valence-electron chi connectivity index (χ1n) is 23.7. The van der Waals surface area contributed by atoms with E-state index in [0.29, 0.717) is 17.4 Å². The Morgan fingerprint density at radius 1 is 0.589 bits per heavy atom. The Morgan fingerprint density at radius 2 is 0.982 bits per heavy atom. The van der Waals surface area contributed by atoms with E-state index in [9.17, 15) is 19.4 Å². The van der Waals surface area contributed by atoms with Crippen LogP contribution in [0.15, 0.2) is 24.3 Å². The van der Waals surface area contributed by atoms with Gasteiger partial charge in [0.1, 0.15) is 13.2 Å². The Morgan fingerprint density at radius 3 is 1.43 bits per heavy atom. The monoisotopic (exact) mass is 814 g/mol. The lowest BCUT2D eigenvalue weighted by Gasteiger charge is -2.25. The Balaban J connectivity index is 4.24. The lowest BCUT2D eigenvalue weighted by molar-refractivity contribution is -0.870. The van der Waals surface area contributed by atoms with E-state index in [-0.39, 0.29) is 19.1 Å². The van der Waals surface area contributed by atoms with Gasteiger partial charge in [-0.15, -0.1) is 0 Å². The first kappa shape index (κ1) is 55.0. The number of nitrogens with zero attached hydrogens (tertiary/aromatic N) is 1. The van der Waals surface area contributed by atoms with Crippen LogP contribution >= 0.6 is 7.82 Å². The fraction of sp³-hybridized carbons (Fsp3) is 0.894. The number of quaternary nitrogens is 1. The van der Waals surface area contributed by atoms with Crippen LogP contribution < -0.4 is 5.32 Å². The van der Waals surface area contributed by atoms with Gasteiger partial charge in [0, 0.05) is 6.42 Å². The molecule has 0 aromatic heterocycles. The van der Waals surface area contributed by atoms with E-state index < -0.39 is 20.0 Å². The van der Waals surface area contributed by atoms with E-state index in [2.05, 4.69) is 31.3 Å². The predicted octanol–water partition coefficient (Wildman–Crippen LogP) is 13.3. The van der Waals surface area contributed by atoms with E-state index in [1.165, 1.54) is 161 Å². The molecule has 3 unspecified atom stereocenters. The third kappa shape index (κ3) is 41.2. The van der Waals surface area contributed by atoms with Gasteiger partial charge in [0.15, 0.2) is 0 Å². The highest BCUT2D eigenvalue weighted by Gasteiger charge is 2.27. The topological polar surface area (TPSA) is 105 Å². The number of phosphoric acid groups is 1. The molecule has 0 rings (SSSR count). The maximum atomic E-state index is 12.8. The Hall–Kier alpha value is -1.02. The molecule has 0 saturated carbocycles. The van der Waals surface area contributed by atoms with Crippen molar-refractivity contribution in [1.29, 1.82) is 0 Å². The standard InChI is InChI=1S/C47H93N2O6P/c1-6-8-10-12-14-16-17-18-19-20-21-22-23-24-25-26-27-28-29-30-31-33-34-36-38-40-46(50)45(44-55-56(52,53)54-43-42-49(3,4)5)48-47(51)41-39-37-35-32-15-13-11-9-7-2/h31,33,38,40,45-46,50H,6-30,32,34-37,39,41-44H2,1-5H3,(H-,48,51,52,53)/p+1/b33-31+,40-38+. The second-order valence-electron chi connectivity index (χ2n) is 17.5. The van der Waals surface area contributed by atoms with Gasteiger partial charge in [0.2, 0.25) is 5.91 Å². The Kier molecular flexibility index (Phi) is 38.7. The number of carbonyl (C=O) groups is 1. The third-order valence-electron chi connectivity index (χ3n) is 10.7. The highest BCUT2D eigenvalue weighted by molar-refractivity contribution is 7.47. The fourth-order valence-corrected chi connectivity index (χ4v) is 7.62. The summed E-state index contributed by atoms with van der Waals surface area (Å²) in [6, 6.07) is -0.857. The van der Waals surface area contributed by atoms with Gasteiger partial charge in [-0.25, -0.2) is 4.57 Å². The van der Waals surface area contributed by atoms with Crippen molar-refractivity contribution < 1.29 is 32.9 Å². The molecule has 3 N–H and O–H groups in total. The zero-order chi connectivity index (χ0) is 41.4. The maximum absolute atomic E-state index is 12.8. The summed E-state index contributed by atoms with van der Waals surface area (Å²) >= 11 is 0. The molecule has 0 saturated heterocycles. The van der Waals surface area contributed by atoms with Gasteiger partial charge in [-0.05, 0) is 32.1 Å². The van der Waals surface area contributed by atoms with Crippen molar-refractivity contribution >= 4 is 13.7 Å². The first-order chi connectivity index (χ1) is 27.0. The third-order valence-corrected chi connectivity index (χ3v) is 11.7. The van der Waals surface area contributed by atoms with Crippen molar-refractivity contribution in [2.45, 2.75) is 231 Å². The van der Waals surface area contributed by atoms with Crippen LogP contribution in [0.5, 0.6) is 0 Å². The molecule has 1 amide bonds. The Labute approximate surface area is 347 Å². The van der Waals surface area contributed by atoms with Gasteiger partial charge in [0.25, 0.3) is 0 Å². The van der Waals surface area contributed by atoms with Crippen LogP contribution in [0.3, 0.4) is 0 Å². The smallest absolute Gasteiger partial charge is 0.387 e. The molecule has 0 aliphatic carbocycles. The van der Waals surface area contributed by atoms with E-state index >= 15 is 0 Å². The van der Waals surface area contributed by atoms with E-state index in [0.717, 1.165) is 38.5 Å². The summed E-state index contributed by atoms with van der Waals surface area (Å²) in [5.41, 5.74) is 0. The van der Waals surface area contributed by atoms with Crippen LogP contribution in [-0.2, 0) is 18.4 Å². The van der Waals surface area contributed by atoms with Gasteiger partial charge < -0.3 is 19.8 Å². The summed E-state index contributed by atoms with van der Waals surface area (Å²) in [6.07, 6.45) is 47.1. The number of phosphoric ester groups is 1. The normalized spacial score (nSPS) is 14.5. The molecule has 8 nitrogen and oxygen atoms in total. The zero-order valence-electron chi connectivity index (χ0n) is 37.6. The molecule has 0 aliphatic rings. The molecule has 0 fully saturated rings. The highest BCUT2D eigenvalue weighted by Crippen LogP contribution is 2.43. The molecule has 0 bridgehead atoms. The number of carbonyl (C=O) groups excluding carboxylic acids is 1. The number of aliphatic hydroxyl groups is 1. The second-order valence-corrected chi connectivity index (χ2v) is 18.9. The summed E-state index contributed by atoms with van der Waals surface area (Å²) in [7, 11) is 1.56. The van der Waals surface area contributed by atoms with Gasteiger partial charge >= 0.3 is 7.82 Å². The number of nitrogens with one attached hydrogen (secondary N) is 1. The van der Waals surface area contributed by atoms with Crippen molar-refractivity contribution in [2.24, 2.45) is 0 Å². The van der Waals surface area contributed by atoms with Crippen molar-refractivity contribution in [3.8, 4) is 0 Å². The number of unbranched alkanes of at least 4 members (excludes halogenated alkanes) is 28. The number of likely N-dealkylation sites (N-methyl/N-ethyl adjacent to an activating group) is 1. The molecule has 0 aromatic carbocycles. The predicted molar refractivity (Wildman–Crippen MR) is 240 cm³/mol. The number of amides is 1. The summed E-state index contributed by atoms with van der Waals surface area (Å²) in [6.45, 7) is 4.78. The largest absolute Gasteiger partial charge is 0.472 e. The quantitative estimate of drug-likeness (QED) is 0.0245. The summed E-state index contributed by atoms with van der Waals surface area (Å²) in [5, 5.41) is 13.8. The fourth-order valence-electron chi connectivity index (χ4n) is 6.88. The Bertz CT molecular complexity index is 969. The van der Waals surface area contributed by atoms with E-state index in [1.807, 2.05) is 27.2 Å². The molecule has 3 atom stereocenters.